The lowest BCUT2D eigenvalue weighted by molar-refractivity contribution is 1.18. The standard InChI is InChI=1S/C56H36N2S/c1-2-16-40(17-3-1)57-52-25-10-8-21-47(52)50-36-39(30-34-54(50)57)42-33-35-53(46-20-7-6-19-45(42)46)58(51-26-12-15-37-14-4-5-18-43(37)51)41-31-28-38(29-32-41)44-23-13-24-49-48-22-9-11-27-55(48)59-56(44)49/h1-36H. The van der Waals surface area contributed by atoms with Crippen LogP contribution in [0.5, 0.6) is 0 Å². The van der Waals surface area contributed by atoms with Gasteiger partial charge in [-0.25, -0.2) is 0 Å². The SMILES string of the molecule is c1ccc(-n2c3ccccc3c3cc(-c4ccc(N(c5ccc(-c6cccc7c6sc6ccccc67)cc5)c5cccc6ccccc56)c5ccccc45)ccc32)cc1. The van der Waals surface area contributed by atoms with Crippen molar-refractivity contribution in [1.82, 2.24) is 4.57 Å². The van der Waals surface area contributed by atoms with Crippen molar-refractivity contribution in [3.8, 4) is 27.9 Å². The zero-order chi connectivity index (χ0) is 38.9. The summed E-state index contributed by atoms with van der Waals surface area (Å²) in [5.74, 6) is 0. The van der Waals surface area contributed by atoms with Gasteiger partial charge in [0.15, 0.2) is 0 Å². The third kappa shape index (κ3) is 5.40. The number of anilines is 3. The zero-order valence-electron chi connectivity index (χ0n) is 32.1. The number of thiophene rings is 1. The van der Waals surface area contributed by atoms with Crippen molar-refractivity contribution in [2.24, 2.45) is 0 Å². The number of nitrogens with zero attached hydrogens (tertiary/aromatic N) is 2. The van der Waals surface area contributed by atoms with Crippen molar-refractivity contribution in [3.05, 3.63) is 218 Å². The van der Waals surface area contributed by atoms with Crippen LogP contribution in [0, 0.1) is 0 Å². The van der Waals surface area contributed by atoms with Gasteiger partial charge in [-0.15, -0.1) is 11.3 Å². The number of para-hydroxylation sites is 2. The van der Waals surface area contributed by atoms with Crippen LogP contribution in [0.3, 0.4) is 0 Å². The van der Waals surface area contributed by atoms with Gasteiger partial charge in [0.1, 0.15) is 0 Å². The second-order valence-corrected chi connectivity index (χ2v) is 16.3. The summed E-state index contributed by atoms with van der Waals surface area (Å²) in [7, 11) is 0. The lowest BCUT2D eigenvalue weighted by Crippen LogP contribution is -2.11. The largest absolute Gasteiger partial charge is 0.309 e. The van der Waals surface area contributed by atoms with E-state index in [0.717, 1.165) is 17.1 Å². The van der Waals surface area contributed by atoms with Crippen LogP contribution in [0.4, 0.5) is 17.1 Å². The second kappa shape index (κ2) is 13.6. The van der Waals surface area contributed by atoms with Gasteiger partial charge in [0.2, 0.25) is 0 Å². The number of benzene rings is 10. The van der Waals surface area contributed by atoms with Crippen LogP contribution in [0.15, 0.2) is 218 Å². The normalized spacial score (nSPS) is 11.7. The summed E-state index contributed by atoms with van der Waals surface area (Å²) in [4.78, 5) is 2.45. The van der Waals surface area contributed by atoms with Gasteiger partial charge in [0.05, 0.1) is 22.4 Å². The van der Waals surface area contributed by atoms with Gasteiger partial charge in [-0.05, 0) is 93.7 Å². The molecule has 0 amide bonds. The van der Waals surface area contributed by atoms with E-state index >= 15 is 0 Å². The number of rotatable bonds is 6. The summed E-state index contributed by atoms with van der Waals surface area (Å²) < 4.78 is 5.03. The fourth-order valence-electron chi connectivity index (χ4n) is 9.30. The van der Waals surface area contributed by atoms with Crippen LogP contribution in [0.1, 0.15) is 0 Å². The van der Waals surface area contributed by atoms with E-state index in [0.29, 0.717) is 0 Å². The predicted octanol–water partition coefficient (Wildman–Crippen LogP) is 16.3. The second-order valence-electron chi connectivity index (χ2n) is 15.3. The highest BCUT2D eigenvalue weighted by molar-refractivity contribution is 7.26. The number of aromatic nitrogens is 1. The summed E-state index contributed by atoms with van der Waals surface area (Å²) in [6.45, 7) is 0. The first-order valence-corrected chi connectivity index (χ1v) is 21.0. The highest BCUT2D eigenvalue weighted by Gasteiger charge is 2.21. The first-order valence-electron chi connectivity index (χ1n) is 20.2. The molecule has 2 aromatic heterocycles. The van der Waals surface area contributed by atoms with Gasteiger partial charge in [-0.3, -0.25) is 0 Å². The maximum absolute atomic E-state index is 2.45. The Bertz CT molecular complexity index is 3550. The smallest absolute Gasteiger partial charge is 0.0541 e. The van der Waals surface area contributed by atoms with Gasteiger partial charge >= 0.3 is 0 Å². The van der Waals surface area contributed by atoms with E-state index in [1.807, 2.05) is 11.3 Å². The summed E-state index contributed by atoms with van der Waals surface area (Å²) in [5, 5.41) is 9.98. The average molecular weight is 769 g/mol. The van der Waals surface area contributed by atoms with Crippen LogP contribution in [0.2, 0.25) is 0 Å². The van der Waals surface area contributed by atoms with Gasteiger partial charge < -0.3 is 9.47 Å². The Kier molecular flexibility index (Phi) is 7.75. The third-order valence-corrected chi connectivity index (χ3v) is 13.2. The molecule has 0 unspecified atom stereocenters. The monoisotopic (exact) mass is 768 g/mol. The van der Waals surface area contributed by atoms with Gasteiger partial charge in [-0.1, -0.05) is 158 Å². The quantitative estimate of drug-likeness (QED) is 0.164. The molecule has 0 bridgehead atoms. The molecule has 2 nitrogen and oxygen atoms in total. The van der Waals surface area contributed by atoms with Crippen LogP contribution in [0.25, 0.3) is 91.5 Å². The van der Waals surface area contributed by atoms with Gasteiger partial charge in [0.25, 0.3) is 0 Å². The molecular formula is C56H36N2S. The Labute approximate surface area is 346 Å². The maximum atomic E-state index is 2.45. The van der Waals surface area contributed by atoms with Crippen LogP contribution >= 0.6 is 11.3 Å². The predicted molar refractivity (Wildman–Crippen MR) is 254 cm³/mol. The first kappa shape index (κ1) is 33.7. The molecule has 3 heteroatoms. The first-order chi connectivity index (χ1) is 29.3. The molecule has 0 N–H and O–H groups in total. The van der Waals surface area contributed by atoms with E-state index in [2.05, 4.69) is 228 Å². The molecule has 12 aromatic rings. The average Bonchev–Trinajstić information content (AvgIpc) is 3.85. The summed E-state index contributed by atoms with van der Waals surface area (Å²) in [5.41, 5.74) is 11.9. The molecule has 59 heavy (non-hydrogen) atoms. The Balaban J connectivity index is 1.03. The molecular weight excluding hydrogens is 733 g/mol. The number of fused-ring (bicyclic) bond motifs is 8. The number of hydrogen-bond donors (Lipinski definition) is 0. The molecule has 2 heterocycles. The van der Waals surface area contributed by atoms with E-state index < -0.39 is 0 Å². The van der Waals surface area contributed by atoms with Crippen molar-refractivity contribution in [2.45, 2.75) is 0 Å². The molecule has 0 spiro atoms. The molecule has 0 fully saturated rings. The van der Waals surface area contributed by atoms with Crippen molar-refractivity contribution in [2.75, 3.05) is 4.90 Å². The Hall–Kier alpha value is -7.46. The van der Waals surface area contributed by atoms with Crippen molar-refractivity contribution in [3.63, 3.8) is 0 Å². The van der Waals surface area contributed by atoms with Crippen molar-refractivity contribution < 1.29 is 0 Å². The number of hydrogen-bond acceptors (Lipinski definition) is 2. The molecule has 10 aromatic carbocycles. The van der Waals surface area contributed by atoms with E-state index in [1.165, 1.54) is 91.5 Å². The van der Waals surface area contributed by atoms with Gasteiger partial charge in [-0.2, -0.15) is 0 Å². The molecule has 0 aliphatic rings. The maximum Gasteiger partial charge on any atom is 0.0541 e. The van der Waals surface area contributed by atoms with Crippen LogP contribution < -0.4 is 4.90 Å². The Morgan fingerprint density at radius 1 is 0.356 bits per heavy atom. The third-order valence-electron chi connectivity index (χ3n) is 12.0. The lowest BCUT2D eigenvalue weighted by Gasteiger charge is -2.29. The van der Waals surface area contributed by atoms with E-state index in [4.69, 9.17) is 0 Å². The molecule has 0 aliphatic carbocycles. The highest BCUT2D eigenvalue weighted by atomic mass is 32.1. The molecule has 0 saturated carbocycles. The van der Waals surface area contributed by atoms with Crippen molar-refractivity contribution >= 4 is 91.9 Å². The summed E-state index contributed by atoms with van der Waals surface area (Å²) in [6.07, 6.45) is 0. The molecule has 0 aliphatic heterocycles. The zero-order valence-corrected chi connectivity index (χ0v) is 32.9. The van der Waals surface area contributed by atoms with Crippen molar-refractivity contribution in [1.29, 1.82) is 0 Å². The Morgan fingerprint density at radius 3 is 1.85 bits per heavy atom. The Morgan fingerprint density at radius 2 is 0.983 bits per heavy atom. The van der Waals surface area contributed by atoms with Gasteiger partial charge in [0, 0.05) is 53.1 Å². The topological polar surface area (TPSA) is 8.17 Å². The highest BCUT2D eigenvalue weighted by Crippen LogP contribution is 2.46. The summed E-state index contributed by atoms with van der Waals surface area (Å²) in [6, 6.07) is 79.9. The molecule has 12 rings (SSSR count). The minimum atomic E-state index is 1.11. The van der Waals surface area contributed by atoms with E-state index in [9.17, 15) is 0 Å². The fourth-order valence-corrected chi connectivity index (χ4v) is 10.5. The van der Waals surface area contributed by atoms with E-state index in [1.54, 1.807) is 0 Å². The van der Waals surface area contributed by atoms with Crippen LogP contribution in [-0.4, -0.2) is 4.57 Å². The summed E-state index contributed by atoms with van der Waals surface area (Å²) >= 11 is 1.88. The minimum Gasteiger partial charge on any atom is -0.309 e. The van der Waals surface area contributed by atoms with E-state index in [-0.39, 0.29) is 0 Å². The molecule has 0 saturated heterocycles. The minimum absolute atomic E-state index is 1.11. The van der Waals surface area contributed by atoms with Crippen LogP contribution in [-0.2, 0) is 0 Å². The molecule has 0 radical (unpaired) electrons. The fraction of sp³-hybridized carbons (Fsp3) is 0. The lowest BCUT2D eigenvalue weighted by atomic mass is 9.95. The molecule has 276 valence electrons. The molecule has 0 atom stereocenters.